The molecule has 1 N–H and O–H groups in total. The van der Waals surface area contributed by atoms with Gasteiger partial charge in [-0.25, -0.2) is 4.98 Å². The molecule has 5 nitrogen and oxygen atoms in total. The van der Waals surface area contributed by atoms with E-state index >= 15 is 0 Å². The highest BCUT2D eigenvalue weighted by atomic mass is 35.5. The molecule has 144 valence electrons. The van der Waals surface area contributed by atoms with E-state index in [2.05, 4.69) is 15.3 Å². The van der Waals surface area contributed by atoms with Gasteiger partial charge < -0.3 is 5.32 Å². The number of anilines is 2. The molecule has 1 atom stereocenters. The predicted molar refractivity (Wildman–Crippen MR) is 114 cm³/mol. The normalized spacial score (nSPS) is 11.7. The molecule has 0 spiro atoms. The largest absolute Gasteiger partial charge is 0.348 e. The highest BCUT2D eigenvalue weighted by Gasteiger charge is 2.21. The van der Waals surface area contributed by atoms with Crippen molar-refractivity contribution in [2.24, 2.45) is 0 Å². The molecule has 0 fully saturated rings. The van der Waals surface area contributed by atoms with E-state index in [1.807, 2.05) is 44.2 Å². The van der Waals surface area contributed by atoms with Gasteiger partial charge in [-0.1, -0.05) is 59.6 Å². The Kier molecular flexibility index (Phi) is 6.49. The third-order valence-electron chi connectivity index (χ3n) is 4.31. The zero-order chi connectivity index (χ0) is 20.1. The van der Waals surface area contributed by atoms with Crippen LogP contribution in [0, 0.1) is 0 Å². The van der Waals surface area contributed by atoms with Crippen molar-refractivity contribution in [3.05, 3.63) is 82.0 Å². The van der Waals surface area contributed by atoms with Crippen LogP contribution in [0.2, 0.25) is 10.0 Å². The summed E-state index contributed by atoms with van der Waals surface area (Å²) in [7, 11) is 0. The molecule has 28 heavy (non-hydrogen) atoms. The van der Waals surface area contributed by atoms with Gasteiger partial charge in [0.05, 0.1) is 21.7 Å². The molecule has 1 aromatic heterocycles. The van der Waals surface area contributed by atoms with Crippen molar-refractivity contribution in [1.29, 1.82) is 0 Å². The second-order valence-electron chi connectivity index (χ2n) is 6.17. The summed E-state index contributed by atoms with van der Waals surface area (Å²) in [5.41, 5.74) is 1.45. The van der Waals surface area contributed by atoms with Crippen LogP contribution in [0.3, 0.4) is 0 Å². The highest BCUT2D eigenvalue weighted by Crippen LogP contribution is 2.28. The Balaban J connectivity index is 1.85. The molecule has 7 heteroatoms. The summed E-state index contributed by atoms with van der Waals surface area (Å²) in [5, 5.41) is 3.84. The number of benzene rings is 2. The lowest BCUT2D eigenvalue weighted by atomic mass is 10.1. The highest BCUT2D eigenvalue weighted by molar-refractivity contribution is 6.44. The van der Waals surface area contributed by atoms with E-state index < -0.39 is 0 Å². The first-order valence-electron chi connectivity index (χ1n) is 8.91. The average molecular weight is 415 g/mol. The van der Waals surface area contributed by atoms with Crippen LogP contribution >= 0.6 is 23.2 Å². The second-order valence-corrected chi connectivity index (χ2v) is 6.95. The van der Waals surface area contributed by atoms with Gasteiger partial charge in [0.2, 0.25) is 5.95 Å². The number of rotatable bonds is 6. The first-order valence-corrected chi connectivity index (χ1v) is 9.67. The fourth-order valence-corrected chi connectivity index (χ4v) is 3.19. The van der Waals surface area contributed by atoms with Crippen molar-refractivity contribution in [3.63, 3.8) is 0 Å². The molecule has 0 saturated carbocycles. The molecule has 0 unspecified atom stereocenters. The first kappa shape index (κ1) is 20.1. The zero-order valence-electron chi connectivity index (χ0n) is 15.6. The minimum absolute atomic E-state index is 0.0182. The molecule has 0 bridgehead atoms. The summed E-state index contributed by atoms with van der Waals surface area (Å²) >= 11 is 12.3. The number of halogens is 2. The number of nitrogens with one attached hydrogen (secondary N) is 1. The fourth-order valence-electron chi connectivity index (χ4n) is 2.81. The number of nitrogens with zero attached hydrogens (tertiary/aromatic N) is 3. The minimum Gasteiger partial charge on any atom is -0.348 e. The van der Waals surface area contributed by atoms with Gasteiger partial charge in [-0.15, -0.1) is 0 Å². The first-order chi connectivity index (χ1) is 13.5. The van der Waals surface area contributed by atoms with Gasteiger partial charge in [-0.2, -0.15) is 4.98 Å². The fraction of sp³-hybridized carbons (Fsp3) is 0.190. The molecule has 3 aromatic rings. The monoisotopic (exact) mass is 414 g/mol. The maximum absolute atomic E-state index is 13.0. The van der Waals surface area contributed by atoms with E-state index in [1.54, 1.807) is 30.5 Å². The van der Waals surface area contributed by atoms with Gasteiger partial charge in [0.25, 0.3) is 5.91 Å². The van der Waals surface area contributed by atoms with Crippen LogP contribution in [0.4, 0.5) is 11.8 Å². The topological polar surface area (TPSA) is 58.1 Å². The van der Waals surface area contributed by atoms with Crippen LogP contribution in [-0.4, -0.2) is 22.4 Å². The van der Waals surface area contributed by atoms with Crippen molar-refractivity contribution in [2.75, 3.05) is 16.8 Å². The lowest BCUT2D eigenvalue weighted by Gasteiger charge is -2.22. The summed E-state index contributed by atoms with van der Waals surface area (Å²) < 4.78 is 0. The van der Waals surface area contributed by atoms with E-state index in [1.165, 1.54) is 4.90 Å². The van der Waals surface area contributed by atoms with Crippen molar-refractivity contribution in [2.45, 2.75) is 19.9 Å². The predicted octanol–water partition coefficient (Wildman–Crippen LogP) is 5.62. The second kappa shape index (κ2) is 9.04. The number of hydrogen-bond acceptors (Lipinski definition) is 4. The summed E-state index contributed by atoms with van der Waals surface area (Å²) in [4.78, 5) is 23.3. The quantitative estimate of drug-likeness (QED) is 0.568. The number of carbonyl (C=O) groups excluding carboxylic acids is 1. The van der Waals surface area contributed by atoms with Crippen LogP contribution in [0.25, 0.3) is 0 Å². The van der Waals surface area contributed by atoms with E-state index in [0.29, 0.717) is 28.9 Å². The van der Waals surface area contributed by atoms with E-state index in [0.717, 1.165) is 5.56 Å². The Morgan fingerprint density at radius 2 is 1.86 bits per heavy atom. The van der Waals surface area contributed by atoms with Gasteiger partial charge in [0.1, 0.15) is 5.82 Å². The van der Waals surface area contributed by atoms with Gasteiger partial charge in [-0.3, -0.25) is 9.69 Å². The Morgan fingerprint density at radius 3 is 2.57 bits per heavy atom. The van der Waals surface area contributed by atoms with Gasteiger partial charge in [-0.05, 0) is 37.6 Å². The minimum atomic E-state index is -0.268. The molecule has 0 aliphatic rings. The third-order valence-corrected chi connectivity index (χ3v) is 5.12. The van der Waals surface area contributed by atoms with Gasteiger partial charge in [0, 0.05) is 12.7 Å². The van der Waals surface area contributed by atoms with Crippen LogP contribution in [-0.2, 0) is 0 Å². The third kappa shape index (κ3) is 4.43. The van der Waals surface area contributed by atoms with Crippen molar-refractivity contribution in [3.8, 4) is 0 Å². The van der Waals surface area contributed by atoms with Crippen LogP contribution in [0.5, 0.6) is 0 Å². The Bertz CT molecular complexity index is 966. The number of carbonyl (C=O) groups is 1. The molecular weight excluding hydrogens is 395 g/mol. The molecular formula is C21H20Cl2N4O. The lowest BCUT2D eigenvalue weighted by Crippen LogP contribution is -2.32. The van der Waals surface area contributed by atoms with Crippen molar-refractivity contribution in [1.82, 2.24) is 9.97 Å². The number of amides is 1. The lowest BCUT2D eigenvalue weighted by molar-refractivity contribution is 0.0987. The summed E-state index contributed by atoms with van der Waals surface area (Å²) in [6.07, 6.45) is 1.62. The van der Waals surface area contributed by atoms with Crippen LogP contribution in [0.1, 0.15) is 35.8 Å². The molecule has 1 amide bonds. The van der Waals surface area contributed by atoms with Crippen molar-refractivity contribution >= 4 is 40.9 Å². The molecule has 2 aromatic carbocycles. The number of aromatic nitrogens is 2. The molecule has 0 radical (unpaired) electrons. The summed E-state index contributed by atoms with van der Waals surface area (Å²) in [6, 6.07) is 16.7. The Labute approximate surface area is 174 Å². The molecule has 0 aliphatic heterocycles. The molecule has 0 saturated heterocycles. The van der Waals surface area contributed by atoms with Crippen molar-refractivity contribution < 1.29 is 4.79 Å². The Hall–Kier alpha value is -2.63. The standard InChI is InChI=1S/C21H20Cl2N4O/c1-3-27(20(28)16-10-7-11-17(22)19(16)23)18-12-13-24-21(26-18)25-14(2)15-8-5-4-6-9-15/h4-14H,3H2,1-2H3,(H,24,25,26)/t14-/m0/s1. The summed E-state index contributed by atoms with van der Waals surface area (Å²) in [6.45, 7) is 4.32. The van der Waals surface area contributed by atoms with E-state index in [-0.39, 0.29) is 17.0 Å². The van der Waals surface area contributed by atoms with E-state index in [4.69, 9.17) is 23.2 Å². The van der Waals surface area contributed by atoms with E-state index in [9.17, 15) is 4.79 Å². The maximum Gasteiger partial charge on any atom is 0.260 e. The number of hydrogen-bond donors (Lipinski definition) is 1. The van der Waals surface area contributed by atoms with Gasteiger partial charge in [0.15, 0.2) is 0 Å². The average Bonchev–Trinajstić information content (AvgIpc) is 2.71. The zero-order valence-corrected chi connectivity index (χ0v) is 17.1. The molecule has 3 rings (SSSR count). The SMILES string of the molecule is CCN(C(=O)c1cccc(Cl)c1Cl)c1ccnc(N[C@@H](C)c2ccccc2)n1. The smallest absolute Gasteiger partial charge is 0.260 e. The molecule has 0 aliphatic carbocycles. The maximum atomic E-state index is 13.0. The summed E-state index contributed by atoms with van der Waals surface area (Å²) in [5.74, 6) is 0.661. The van der Waals surface area contributed by atoms with Gasteiger partial charge >= 0.3 is 0 Å². The van der Waals surface area contributed by atoms with Crippen LogP contribution in [0.15, 0.2) is 60.8 Å². The Morgan fingerprint density at radius 1 is 1.11 bits per heavy atom. The molecule has 1 heterocycles. The van der Waals surface area contributed by atoms with Crippen LogP contribution < -0.4 is 10.2 Å².